The Kier molecular flexibility index (Phi) is 11.8. The summed E-state index contributed by atoms with van der Waals surface area (Å²) in [4.78, 5) is 0. The molecule has 0 fully saturated rings. The Balaban J connectivity index is 1.30. The fraction of sp³-hybridized carbons (Fsp3) is 0.282. The van der Waals surface area contributed by atoms with Crippen LogP contribution >= 0.6 is 11.7 Å². The molecule has 6 nitrogen and oxygen atoms in total. The van der Waals surface area contributed by atoms with E-state index >= 15 is 0 Å². The first kappa shape index (κ1) is 32.7. The van der Waals surface area contributed by atoms with Gasteiger partial charge in [-0.05, 0) is 78.8 Å². The van der Waals surface area contributed by atoms with E-state index < -0.39 is 5.60 Å². The molecule has 0 aliphatic carbocycles. The zero-order valence-electron chi connectivity index (χ0n) is 26.3. The van der Waals surface area contributed by atoms with E-state index in [1.165, 1.54) is 11.7 Å². The molecular weight excluding hydrogens is 593 g/mol. The Labute approximate surface area is 275 Å². The Bertz CT molecular complexity index is 1760. The smallest absolute Gasteiger partial charge is 0.143 e. The first-order valence-electron chi connectivity index (χ1n) is 15.5. The van der Waals surface area contributed by atoms with Crippen LogP contribution in [0.25, 0.3) is 11.0 Å². The van der Waals surface area contributed by atoms with Crippen molar-refractivity contribution in [2.45, 2.75) is 44.1 Å². The Morgan fingerprint density at radius 3 is 1.63 bits per heavy atom. The number of nitrogens with zero attached hydrogens (tertiary/aromatic N) is 2. The van der Waals surface area contributed by atoms with Crippen molar-refractivity contribution in [3.05, 3.63) is 119 Å². The van der Waals surface area contributed by atoms with E-state index in [4.69, 9.17) is 19.3 Å². The lowest BCUT2D eigenvalue weighted by Gasteiger charge is -2.36. The van der Waals surface area contributed by atoms with Gasteiger partial charge in [-0.25, -0.2) is 0 Å². The zero-order chi connectivity index (χ0) is 32.0. The molecule has 1 heterocycles. The second kappa shape index (κ2) is 16.6. The van der Waals surface area contributed by atoms with E-state index in [9.17, 15) is 0 Å². The first-order valence-corrected chi connectivity index (χ1v) is 16.2. The molecule has 0 aliphatic heterocycles. The van der Waals surface area contributed by atoms with Gasteiger partial charge in [0.2, 0.25) is 0 Å². The van der Waals surface area contributed by atoms with Crippen LogP contribution in [0.3, 0.4) is 0 Å². The standard InChI is InChI=1S/C39H38N2O4S/c1-43-35-24-20-33(21-25-35)39(32-16-10-7-11-17-32,34-22-26-36(44-2)27-23-34)45-29-13-6-4-9-15-31-19-18-30(14-8-3-5-12-28-42)37-38(31)41-46-40-37/h7,10-11,16-27,42H,3-6,12-13,28-29H2,1-2H3. The molecule has 5 rings (SSSR count). The summed E-state index contributed by atoms with van der Waals surface area (Å²) in [6.07, 6.45) is 4.86. The summed E-state index contributed by atoms with van der Waals surface area (Å²) in [5.41, 5.74) is 5.59. The molecule has 0 amide bonds. The van der Waals surface area contributed by atoms with Crippen molar-refractivity contribution >= 4 is 22.8 Å². The molecular formula is C39H38N2O4S. The van der Waals surface area contributed by atoms with Crippen LogP contribution in [0.2, 0.25) is 0 Å². The SMILES string of the molecule is COc1ccc(C(OCCCCC#Cc2ccc(C#CCCCCO)c3nsnc23)(c2ccccc2)c2ccc(OC)cc2)cc1. The van der Waals surface area contributed by atoms with Crippen LogP contribution in [0.1, 0.15) is 66.3 Å². The quantitative estimate of drug-likeness (QED) is 0.0815. The van der Waals surface area contributed by atoms with E-state index in [1.807, 2.05) is 54.6 Å². The topological polar surface area (TPSA) is 73.7 Å². The van der Waals surface area contributed by atoms with Gasteiger partial charge in [0.15, 0.2) is 0 Å². The fourth-order valence-electron chi connectivity index (χ4n) is 5.32. The van der Waals surface area contributed by atoms with Crippen LogP contribution in [-0.4, -0.2) is 41.3 Å². The number of unbranched alkanes of at least 4 members (excludes halogenated alkanes) is 4. The van der Waals surface area contributed by atoms with E-state index in [-0.39, 0.29) is 6.61 Å². The molecule has 0 saturated heterocycles. The molecule has 0 radical (unpaired) electrons. The van der Waals surface area contributed by atoms with Gasteiger partial charge in [0.05, 0.1) is 37.1 Å². The minimum atomic E-state index is -0.821. The maximum atomic E-state index is 8.96. The Morgan fingerprint density at radius 1 is 0.630 bits per heavy atom. The molecule has 234 valence electrons. The third-order valence-corrected chi connectivity index (χ3v) is 8.29. The molecule has 0 atom stereocenters. The largest absolute Gasteiger partial charge is 0.497 e. The van der Waals surface area contributed by atoms with Crippen molar-refractivity contribution in [2.75, 3.05) is 27.4 Å². The third-order valence-electron chi connectivity index (χ3n) is 7.76. The highest BCUT2D eigenvalue weighted by Crippen LogP contribution is 2.41. The van der Waals surface area contributed by atoms with Gasteiger partial charge in [0.1, 0.15) is 28.1 Å². The number of fused-ring (bicyclic) bond motifs is 1. The molecule has 0 spiro atoms. The number of aromatic nitrogens is 2. The summed E-state index contributed by atoms with van der Waals surface area (Å²) >= 11 is 1.18. The van der Waals surface area contributed by atoms with Crippen LogP contribution in [-0.2, 0) is 10.3 Å². The van der Waals surface area contributed by atoms with Crippen molar-refractivity contribution in [3.63, 3.8) is 0 Å². The predicted molar refractivity (Wildman–Crippen MR) is 184 cm³/mol. The van der Waals surface area contributed by atoms with E-state index in [0.29, 0.717) is 6.61 Å². The second-order valence-electron chi connectivity index (χ2n) is 10.7. The lowest BCUT2D eigenvalue weighted by Crippen LogP contribution is -2.33. The lowest BCUT2D eigenvalue weighted by atomic mass is 9.80. The van der Waals surface area contributed by atoms with Gasteiger partial charge in [-0.1, -0.05) is 78.3 Å². The summed E-state index contributed by atoms with van der Waals surface area (Å²) in [5, 5.41) is 8.96. The monoisotopic (exact) mass is 630 g/mol. The number of aliphatic hydroxyl groups excluding tert-OH is 1. The number of hydrogen-bond donors (Lipinski definition) is 1. The van der Waals surface area contributed by atoms with Crippen molar-refractivity contribution in [2.24, 2.45) is 0 Å². The average molecular weight is 631 g/mol. The summed E-state index contributed by atoms with van der Waals surface area (Å²) < 4.78 is 26.8. The van der Waals surface area contributed by atoms with Crippen LogP contribution in [0.5, 0.6) is 11.5 Å². The lowest BCUT2D eigenvalue weighted by molar-refractivity contribution is 0.0109. The van der Waals surface area contributed by atoms with Crippen molar-refractivity contribution in [3.8, 4) is 35.2 Å². The predicted octanol–water partition coefficient (Wildman–Crippen LogP) is 7.75. The van der Waals surface area contributed by atoms with Gasteiger partial charge in [0.25, 0.3) is 0 Å². The molecule has 0 aliphatic rings. The van der Waals surface area contributed by atoms with E-state index in [2.05, 4.69) is 68.8 Å². The molecule has 1 aromatic heterocycles. The van der Waals surface area contributed by atoms with Crippen molar-refractivity contribution < 1.29 is 19.3 Å². The molecule has 1 N–H and O–H groups in total. The number of aliphatic hydroxyl groups is 1. The average Bonchev–Trinajstić information content (AvgIpc) is 3.62. The highest BCUT2D eigenvalue weighted by atomic mass is 32.1. The minimum Gasteiger partial charge on any atom is -0.497 e. The molecule has 7 heteroatoms. The van der Waals surface area contributed by atoms with Gasteiger partial charge in [-0.3, -0.25) is 0 Å². The van der Waals surface area contributed by atoms with Gasteiger partial charge >= 0.3 is 0 Å². The molecule has 5 aromatic rings. The van der Waals surface area contributed by atoms with Crippen LogP contribution in [0.15, 0.2) is 91.0 Å². The number of benzene rings is 4. The third kappa shape index (κ3) is 7.76. The Morgan fingerprint density at radius 2 is 1.13 bits per heavy atom. The first-order chi connectivity index (χ1) is 22.7. The summed E-state index contributed by atoms with van der Waals surface area (Å²) in [6.45, 7) is 0.741. The minimum absolute atomic E-state index is 0.199. The number of methoxy groups -OCH3 is 2. The number of rotatable bonds is 13. The van der Waals surface area contributed by atoms with Crippen molar-refractivity contribution in [1.82, 2.24) is 8.75 Å². The summed E-state index contributed by atoms with van der Waals surface area (Å²) in [7, 11) is 3.35. The number of hydrogen-bond acceptors (Lipinski definition) is 7. The summed E-state index contributed by atoms with van der Waals surface area (Å²) in [5.74, 6) is 14.6. The molecule has 0 saturated carbocycles. The highest BCUT2D eigenvalue weighted by Gasteiger charge is 2.37. The molecule has 0 bridgehead atoms. The van der Waals surface area contributed by atoms with Gasteiger partial charge < -0.3 is 19.3 Å². The highest BCUT2D eigenvalue weighted by molar-refractivity contribution is 7.00. The van der Waals surface area contributed by atoms with Crippen LogP contribution in [0, 0.1) is 23.7 Å². The van der Waals surface area contributed by atoms with Crippen molar-refractivity contribution in [1.29, 1.82) is 0 Å². The van der Waals surface area contributed by atoms with E-state index in [1.54, 1.807) is 14.2 Å². The zero-order valence-corrected chi connectivity index (χ0v) is 27.1. The van der Waals surface area contributed by atoms with E-state index in [0.717, 1.165) is 88.9 Å². The number of ether oxygens (including phenoxy) is 3. The van der Waals surface area contributed by atoms with Gasteiger partial charge in [0, 0.05) is 26.1 Å². The summed E-state index contributed by atoms with van der Waals surface area (Å²) in [6, 6.07) is 30.5. The Hall–Kier alpha value is -4.66. The van der Waals surface area contributed by atoms with Gasteiger partial charge in [-0.2, -0.15) is 8.75 Å². The van der Waals surface area contributed by atoms with Gasteiger partial charge in [-0.15, -0.1) is 0 Å². The van der Waals surface area contributed by atoms with Crippen LogP contribution < -0.4 is 9.47 Å². The second-order valence-corrected chi connectivity index (χ2v) is 11.2. The van der Waals surface area contributed by atoms with Crippen LogP contribution in [0.4, 0.5) is 0 Å². The maximum Gasteiger partial charge on any atom is 0.143 e. The fourth-order valence-corrected chi connectivity index (χ4v) is 5.90. The molecule has 0 unspecified atom stereocenters. The molecule has 46 heavy (non-hydrogen) atoms. The normalized spacial score (nSPS) is 10.9. The molecule has 4 aromatic carbocycles. The maximum absolute atomic E-state index is 8.96.